The summed E-state index contributed by atoms with van der Waals surface area (Å²) in [5, 5.41) is 13.4. The van der Waals surface area contributed by atoms with Crippen LogP contribution in [0.15, 0.2) is 65.2 Å². The van der Waals surface area contributed by atoms with Gasteiger partial charge in [0, 0.05) is 42.2 Å². The van der Waals surface area contributed by atoms with Gasteiger partial charge in [0.25, 0.3) is 0 Å². The molecule has 0 spiro atoms. The molecule has 3 aromatic rings. The predicted octanol–water partition coefficient (Wildman–Crippen LogP) is 4.25. The zero-order chi connectivity index (χ0) is 19.1. The minimum Gasteiger partial charge on any atom is -0.356 e. The number of nitrogens with zero attached hydrogens (tertiary/aromatic N) is 3. The largest absolute Gasteiger partial charge is 0.356 e. The number of rotatable bonds is 7. The van der Waals surface area contributed by atoms with Gasteiger partial charge in [0.1, 0.15) is 0 Å². The van der Waals surface area contributed by atoms with Crippen molar-refractivity contribution in [1.29, 1.82) is 0 Å². The van der Waals surface area contributed by atoms with Gasteiger partial charge in [-0.2, -0.15) is 5.10 Å². The second-order valence-electron chi connectivity index (χ2n) is 7.17. The summed E-state index contributed by atoms with van der Waals surface area (Å²) in [6.07, 6.45) is 3.97. The quantitative estimate of drug-likeness (QED) is 0.285. The SMILES string of the molecule is CN=C(NCc1cnn(Cc2ccccc2)c1)NCC(C)(C)c1cccs1.I. The van der Waals surface area contributed by atoms with Gasteiger partial charge in [-0.3, -0.25) is 9.67 Å². The van der Waals surface area contributed by atoms with Crippen molar-refractivity contribution < 1.29 is 0 Å². The van der Waals surface area contributed by atoms with Gasteiger partial charge in [-0.25, -0.2) is 0 Å². The molecule has 0 radical (unpaired) electrons. The van der Waals surface area contributed by atoms with Crippen molar-refractivity contribution in [3.63, 3.8) is 0 Å². The molecule has 150 valence electrons. The summed E-state index contributed by atoms with van der Waals surface area (Å²) < 4.78 is 1.96. The second-order valence-corrected chi connectivity index (χ2v) is 8.12. The molecule has 0 amide bonds. The first-order chi connectivity index (χ1) is 13.1. The summed E-state index contributed by atoms with van der Waals surface area (Å²) in [7, 11) is 1.80. The molecule has 28 heavy (non-hydrogen) atoms. The molecule has 7 heteroatoms. The average Bonchev–Trinajstić information content (AvgIpc) is 3.35. The van der Waals surface area contributed by atoms with Gasteiger partial charge < -0.3 is 10.6 Å². The lowest BCUT2D eigenvalue weighted by atomic mass is 9.91. The summed E-state index contributed by atoms with van der Waals surface area (Å²) in [5.41, 5.74) is 2.44. The number of aromatic nitrogens is 2. The maximum atomic E-state index is 4.45. The second kappa shape index (κ2) is 10.6. The number of guanidine groups is 1. The molecule has 5 nitrogen and oxygen atoms in total. The molecule has 0 bridgehead atoms. The van der Waals surface area contributed by atoms with E-state index in [0.717, 1.165) is 24.6 Å². The number of aliphatic imine (C=N–C) groups is 1. The highest BCUT2D eigenvalue weighted by molar-refractivity contribution is 14.0. The predicted molar refractivity (Wildman–Crippen MR) is 129 cm³/mol. The standard InChI is InChI=1S/C21H27N5S.HI/c1-21(2,19-10-7-11-27-19)16-24-20(22-3)23-12-18-13-25-26(15-18)14-17-8-5-4-6-9-17;/h4-11,13,15H,12,14,16H2,1-3H3,(H2,22,23,24);1H. The Kier molecular flexibility index (Phi) is 8.50. The van der Waals surface area contributed by atoms with E-state index in [0.29, 0.717) is 6.54 Å². The van der Waals surface area contributed by atoms with E-state index in [1.54, 1.807) is 18.4 Å². The Morgan fingerprint density at radius 1 is 1.11 bits per heavy atom. The minimum atomic E-state index is 0. The number of hydrogen-bond donors (Lipinski definition) is 2. The van der Waals surface area contributed by atoms with Crippen molar-refractivity contribution in [2.75, 3.05) is 13.6 Å². The summed E-state index contributed by atoms with van der Waals surface area (Å²) >= 11 is 1.79. The van der Waals surface area contributed by atoms with E-state index < -0.39 is 0 Å². The average molecular weight is 509 g/mol. The van der Waals surface area contributed by atoms with E-state index in [2.05, 4.69) is 82.5 Å². The van der Waals surface area contributed by atoms with Gasteiger partial charge in [0.2, 0.25) is 0 Å². The van der Waals surface area contributed by atoms with Crippen molar-refractivity contribution in [2.45, 2.75) is 32.4 Å². The van der Waals surface area contributed by atoms with Gasteiger partial charge in [-0.15, -0.1) is 35.3 Å². The first-order valence-corrected chi connectivity index (χ1v) is 9.98. The molecule has 0 saturated carbocycles. The molecular formula is C21H28IN5S. The zero-order valence-electron chi connectivity index (χ0n) is 16.6. The van der Waals surface area contributed by atoms with Gasteiger partial charge in [0.05, 0.1) is 12.7 Å². The van der Waals surface area contributed by atoms with E-state index in [1.165, 1.54) is 10.4 Å². The van der Waals surface area contributed by atoms with Crippen LogP contribution in [0.4, 0.5) is 0 Å². The lowest BCUT2D eigenvalue weighted by molar-refractivity contribution is 0.518. The lowest BCUT2D eigenvalue weighted by Crippen LogP contribution is -2.42. The van der Waals surface area contributed by atoms with Crippen molar-refractivity contribution >= 4 is 41.3 Å². The summed E-state index contributed by atoms with van der Waals surface area (Å²) in [4.78, 5) is 5.70. The van der Waals surface area contributed by atoms with Crippen molar-refractivity contribution in [1.82, 2.24) is 20.4 Å². The van der Waals surface area contributed by atoms with Crippen LogP contribution in [0.2, 0.25) is 0 Å². The Hall–Kier alpha value is -1.87. The number of halogens is 1. The van der Waals surface area contributed by atoms with E-state index >= 15 is 0 Å². The Morgan fingerprint density at radius 3 is 2.57 bits per heavy atom. The Labute approximate surface area is 188 Å². The van der Waals surface area contributed by atoms with E-state index in [-0.39, 0.29) is 29.4 Å². The number of benzene rings is 1. The van der Waals surface area contributed by atoms with Crippen LogP contribution in [-0.4, -0.2) is 29.3 Å². The molecule has 0 aliphatic carbocycles. The van der Waals surface area contributed by atoms with E-state index in [1.807, 2.05) is 16.9 Å². The van der Waals surface area contributed by atoms with Crippen molar-refractivity contribution in [3.8, 4) is 0 Å². The molecule has 3 rings (SSSR count). The maximum Gasteiger partial charge on any atom is 0.191 e. The molecule has 0 saturated heterocycles. The van der Waals surface area contributed by atoms with Crippen molar-refractivity contribution in [2.24, 2.45) is 4.99 Å². The Balaban J connectivity index is 0.00000280. The molecule has 0 atom stereocenters. The fraction of sp³-hybridized carbons (Fsp3) is 0.333. The highest BCUT2D eigenvalue weighted by atomic mass is 127. The van der Waals surface area contributed by atoms with Gasteiger partial charge in [-0.05, 0) is 17.0 Å². The van der Waals surface area contributed by atoms with Crippen LogP contribution in [0.3, 0.4) is 0 Å². The van der Waals surface area contributed by atoms with Crippen LogP contribution in [-0.2, 0) is 18.5 Å². The van der Waals surface area contributed by atoms with Gasteiger partial charge in [0.15, 0.2) is 5.96 Å². The highest BCUT2D eigenvalue weighted by Gasteiger charge is 2.21. The summed E-state index contributed by atoms with van der Waals surface area (Å²) in [6.45, 7) is 6.77. The molecule has 0 aliphatic rings. The third-order valence-corrected chi connectivity index (χ3v) is 5.68. The number of hydrogen-bond acceptors (Lipinski definition) is 3. The first kappa shape index (κ1) is 22.4. The minimum absolute atomic E-state index is 0. The van der Waals surface area contributed by atoms with Crippen LogP contribution in [0, 0.1) is 0 Å². The number of nitrogens with one attached hydrogen (secondary N) is 2. The van der Waals surface area contributed by atoms with E-state index in [4.69, 9.17) is 0 Å². The van der Waals surface area contributed by atoms with Crippen LogP contribution in [0.25, 0.3) is 0 Å². The molecule has 1 aromatic carbocycles. The maximum absolute atomic E-state index is 4.45. The molecule has 0 aliphatic heterocycles. The van der Waals surface area contributed by atoms with Gasteiger partial charge in [-0.1, -0.05) is 50.2 Å². The third-order valence-electron chi connectivity index (χ3n) is 4.44. The fourth-order valence-electron chi connectivity index (χ4n) is 2.82. The lowest BCUT2D eigenvalue weighted by Gasteiger charge is -2.25. The van der Waals surface area contributed by atoms with Crippen LogP contribution >= 0.6 is 35.3 Å². The normalized spacial score (nSPS) is 11.8. The van der Waals surface area contributed by atoms with Gasteiger partial charge >= 0.3 is 0 Å². The molecular weight excluding hydrogens is 481 g/mol. The molecule has 2 aromatic heterocycles. The monoisotopic (exact) mass is 509 g/mol. The third kappa shape index (κ3) is 6.34. The topological polar surface area (TPSA) is 54.2 Å². The van der Waals surface area contributed by atoms with Crippen LogP contribution in [0.5, 0.6) is 0 Å². The van der Waals surface area contributed by atoms with Crippen LogP contribution in [0.1, 0.15) is 29.9 Å². The smallest absolute Gasteiger partial charge is 0.191 e. The number of thiophene rings is 1. The Bertz CT molecular complexity index is 856. The fourth-order valence-corrected chi connectivity index (χ4v) is 3.67. The van der Waals surface area contributed by atoms with Crippen molar-refractivity contribution in [3.05, 3.63) is 76.2 Å². The molecule has 2 N–H and O–H groups in total. The molecule has 0 unspecified atom stereocenters. The Morgan fingerprint density at radius 2 is 1.89 bits per heavy atom. The zero-order valence-corrected chi connectivity index (χ0v) is 19.7. The summed E-state index contributed by atoms with van der Waals surface area (Å²) in [6, 6.07) is 14.6. The van der Waals surface area contributed by atoms with Crippen LogP contribution < -0.4 is 10.6 Å². The molecule has 0 fully saturated rings. The highest BCUT2D eigenvalue weighted by Crippen LogP contribution is 2.26. The first-order valence-electron chi connectivity index (χ1n) is 9.10. The van der Waals surface area contributed by atoms with E-state index in [9.17, 15) is 0 Å². The molecule has 2 heterocycles. The summed E-state index contributed by atoms with van der Waals surface area (Å²) in [5.74, 6) is 0.801.